The Hall–Kier alpha value is -1.06. The van der Waals surface area contributed by atoms with Gasteiger partial charge in [-0.15, -0.1) is 0 Å². The standard InChI is InChI=1S/C8H15NO7/c1-4(12)9-16-6(3-11)8(15)7(14)5(13)2-10/h3,5-8,10,13-15H,2H2,1H3,(H,9,12). The highest BCUT2D eigenvalue weighted by Gasteiger charge is 2.32. The molecule has 0 saturated carbocycles. The molecule has 4 unspecified atom stereocenters. The van der Waals surface area contributed by atoms with Gasteiger partial charge in [0.05, 0.1) is 6.61 Å². The molecule has 0 bridgehead atoms. The highest BCUT2D eigenvalue weighted by Crippen LogP contribution is 2.05. The number of aliphatic hydroxyl groups excluding tert-OH is 4. The van der Waals surface area contributed by atoms with Crippen LogP contribution in [0.5, 0.6) is 0 Å². The Morgan fingerprint density at radius 1 is 1.38 bits per heavy atom. The van der Waals surface area contributed by atoms with Gasteiger partial charge >= 0.3 is 0 Å². The molecule has 8 nitrogen and oxygen atoms in total. The van der Waals surface area contributed by atoms with Crippen molar-refractivity contribution in [3.8, 4) is 0 Å². The number of rotatable bonds is 7. The van der Waals surface area contributed by atoms with Crippen molar-refractivity contribution in [1.29, 1.82) is 0 Å². The minimum atomic E-state index is -1.77. The minimum Gasteiger partial charge on any atom is -0.394 e. The molecule has 0 spiro atoms. The van der Waals surface area contributed by atoms with Gasteiger partial charge in [-0.2, -0.15) is 0 Å². The molecule has 0 radical (unpaired) electrons. The van der Waals surface area contributed by atoms with E-state index in [-0.39, 0.29) is 6.29 Å². The van der Waals surface area contributed by atoms with E-state index in [0.717, 1.165) is 6.92 Å². The Morgan fingerprint density at radius 3 is 2.31 bits per heavy atom. The summed E-state index contributed by atoms with van der Waals surface area (Å²) in [4.78, 5) is 25.4. The molecule has 0 saturated heterocycles. The summed E-state index contributed by atoms with van der Waals surface area (Å²) in [6.45, 7) is 0.331. The molecule has 0 rings (SSSR count). The van der Waals surface area contributed by atoms with Crippen molar-refractivity contribution in [2.24, 2.45) is 0 Å². The van der Waals surface area contributed by atoms with Crippen LogP contribution in [0.25, 0.3) is 0 Å². The van der Waals surface area contributed by atoms with Crippen LogP contribution in [0.1, 0.15) is 6.92 Å². The quantitative estimate of drug-likeness (QED) is 0.231. The molecule has 4 atom stereocenters. The van der Waals surface area contributed by atoms with E-state index in [1.165, 1.54) is 0 Å². The highest BCUT2D eigenvalue weighted by atomic mass is 16.7. The van der Waals surface area contributed by atoms with E-state index in [1.807, 2.05) is 0 Å². The maximum absolute atomic E-state index is 10.5. The van der Waals surface area contributed by atoms with Crippen molar-refractivity contribution in [1.82, 2.24) is 5.48 Å². The van der Waals surface area contributed by atoms with Gasteiger partial charge in [-0.25, -0.2) is 5.48 Å². The number of aliphatic hydroxyl groups is 4. The SMILES string of the molecule is CC(=O)NOC(C=O)C(O)C(O)C(O)CO. The summed E-state index contributed by atoms with van der Waals surface area (Å²) in [5.74, 6) is -0.601. The van der Waals surface area contributed by atoms with Crippen LogP contribution >= 0.6 is 0 Å². The van der Waals surface area contributed by atoms with Gasteiger partial charge in [0, 0.05) is 6.92 Å². The zero-order chi connectivity index (χ0) is 12.7. The maximum atomic E-state index is 10.5. The molecule has 0 aromatic rings. The molecule has 0 aromatic carbocycles. The Kier molecular flexibility index (Phi) is 6.77. The molecule has 0 aliphatic carbocycles. The van der Waals surface area contributed by atoms with E-state index >= 15 is 0 Å². The zero-order valence-electron chi connectivity index (χ0n) is 8.61. The Bertz CT molecular complexity index is 234. The highest BCUT2D eigenvalue weighted by molar-refractivity contribution is 5.71. The van der Waals surface area contributed by atoms with E-state index in [1.54, 1.807) is 5.48 Å². The lowest BCUT2D eigenvalue weighted by molar-refractivity contribution is -0.165. The summed E-state index contributed by atoms with van der Waals surface area (Å²) in [6.07, 6.45) is -6.55. The van der Waals surface area contributed by atoms with Gasteiger partial charge < -0.3 is 25.2 Å². The Balaban J connectivity index is 4.33. The number of carbonyl (C=O) groups excluding carboxylic acids is 2. The smallest absolute Gasteiger partial charge is 0.240 e. The van der Waals surface area contributed by atoms with Crippen molar-refractivity contribution >= 4 is 12.2 Å². The molecule has 1 amide bonds. The summed E-state index contributed by atoms with van der Waals surface area (Å²) in [7, 11) is 0. The number of aldehydes is 1. The summed E-state index contributed by atoms with van der Waals surface area (Å²) in [6, 6.07) is 0. The number of carbonyl (C=O) groups is 2. The minimum absolute atomic E-state index is 0.147. The zero-order valence-corrected chi connectivity index (χ0v) is 8.61. The van der Waals surface area contributed by atoms with Crippen molar-refractivity contribution < 1.29 is 34.9 Å². The predicted octanol–water partition coefficient (Wildman–Crippen LogP) is -3.30. The first-order chi connectivity index (χ1) is 7.43. The van der Waals surface area contributed by atoms with E-state index in [4.69, 9.17) is 10.2 Å². The average Bonchev–Trinajstić information content (AvgIpc) is 2.27. The van der Waals surface area contributed by atoms with Gasteiger partial charge in [-0.1, -0.05) is 0 Å². The van der Waals surface area contributed by atoms with E-state index in [2.05, 4.69) is 4.84 Å². The number of hydrogen-bond acceptors (Lipinski definition) is 7. The third kappa shape index (κ3) is 4.64. The van der Waals surface area contributed by atoms with Crippen LogP contribution in [0, 0.1) is 0 Å². The molecular weight excluding hydrogens is 222 g/mol. The van der Waals surface area contributed by atoms with Crippen LogP contribution in [0.3, 0.4) is 0 Å². The van der Waals surface area contributed by atoms with Gasteiger partial charge in [-0.05, 0) is 0 Å². The first kappa shape index (κ1) is 14.9. The van der Waals surface area contributed by atoms with Gasteiger partial charge in [0.1, 0.15) is 18.3 Å². The molecule has 5 N–H and O–H groups in total. The van der Waals surface area contributed by atoms with E-state index in [9.17, 15) is 19.8 Å². The Labute approximate surface area is 91.4 Å². The van der Waals surface area contributed by atoms with Crippen molar-refractivity contribution in [2.45, 2.75) is 31.3 Å². The van der Waals surface area contributed by atoms with Gasteiger partial charge in [0.2, 0.25) is 5.91 Å². The molecule has 0 aliphatic heterocycles. The summed E-state index contributed by atoms with van der Waals surface area (Å²) in [5, 5.41) is 36.1. The topological polar surface area (TPSA) is 136 Å². The number of hydroxylamine groups is 1. The van der Waals surface area contributed by atoms with Crippen LogP contribution in [0.4, 0.5) is 0 Å². The monoisotopic (exact) mass is 237 g/mol. The third-order valence-corrected chi connectivity index (χ3v) is 1.74. The second kappa shape index (κ2) is 7.25. The number of hydrogen-bond donors (Lipinski definition) is 5. The second-order valence-electron chi connectivity index (χ2n) is 3.11. The fourth-order valence-electron chi connectivity index (χ4n) is 0.859. The lowest BCUT2D eigenvalue weighted by atomic mass is 10.0. The van der Waals surface area contributed by atoms with Crippen molar-refractivity contribution in [3.63, 3.8) is 0 Å². The largest absolute Gasteiger partial charge is 0.394 e. The van der Waals surface area contributed by atoms with Crippen molar-refractivity contribution in [3.05, 3.63) is 0 Å². The summed E-state index contributed by atoms with van der Waals surface area (Å²) < 4.78 is 0. The second-order valence-corrected chi connectivity index (χ2v) is 3.11. The first-order valence-corrected chi connectivity index (χ1v) is 4.46. The molecule has 0 fully saturated rings. The maximum Gasteiger partial charge on any atom is 0.240 e. The number of nitrogens with one attached hydrogen (secondary N) is 1. The molecule has 0 heterocycles. The van der Waals surface area contributed by atoms with Crippen LogP contribution in [0.15, 0.2) is 0 Å². The predicted molar refractivity (Wildman–Crippen MR) is 49.9 cm³/mol. The van der Waals surface area contributed by atoms with Crippen LogP contribution in [-0.2, 0) is 14.4 Å². The fourth-order valence-corrected chi connectivity index (χ4v) is 0.859. The summed E-state index contributed by atoms with van der Waals surface area (Å²) in [5.41, 5.74) is 1.80. The van der Waals surface area contributed by atoms with Gasteiger partial charge in [0.25, 0.3) is 0 Å². The molecule has 0 aromatic heterocycles. The molecule has 16 heavy (non-hydrogen) atoms. The van der Waals surface area contributed by atoms with Crippen LogP contribution in [0.2, 0.25) is 0 Å². The molecular formula is C8H15NO7. The first-order valence-electron chi connectivity index (χ1n) is 4.46. The van der Waals surface area contributed by atoms with E-state index < -0.39 is 36.9 Å². The molecule has 8 heteroatoms. The summed E-state index contributed by atoms with van der Waals surface area (Å²) >= 11 is 0. The number of amides is 1. The Morgan fingerprint density at radius 2 is 1.94 bits per heavy atom. The van der Waals surface area contributed by atoms with Crippen LogP contribution < -0.4 is 5.48 Å². The lowest BCUT2D eigenvalue weighted by Crippen LogP contribution is -2.49. The lowest BCUT2D eigenvalue weighted by Gasteiger charge is -2.25. The molecule has 94 valence electrons. The van der Waals surface area contributed by atoms with Gasteiger partial charge in [0.15, 0.2) is 12.4 Å². The van der Waals surface area contributed by atoms with Crippen molar-refractivity contribution in [2.75, 3.05) is 6.61 Å². The fraction of sp³-hybridized carbons (Fsp3) is 0.750. The van der Waals surface area contributed by atoms with Crippen LogP contribution in [-0.4, -0.2) is 63.6 Å². The van der Waals surface area contributed by atoms with E-state index in [0.29, 0.717) is 0 Å². The normalized spacial score (nSPS) is 18.3. The third-order valence-electron chi connectivity index (χ3n) is 1.74. The molecule has 0 aliphatic rings. The average molecular weight is 237 g/mol. The van der Waals surface area contributed by atoms with Gasteiger partial charge in [-0.3, -0.25) is 9.63 Å².